The van der Waals surface area contributed by atoms with Crippen molar-refractivity contribution in [2.75, 3.05) is 19.5 Å². The number of fused-ring (bicyclic) bond motifs is 4. The van der Waals surface area contributed by atoms with Crippen molar-refractivity contribution in [3.63, 3.8) is 0 Å². The molecule has 9 nitrogen and oxygen atoms in total. The first-order valence-corrected chi connectivity index (χ1v) is 21.5. The fourth-order valence-corrected chi connectivity index (χ4v) is 9.57. The fraction of sp³-hybridized carbons (Fsp3) is 0.405. The predicted octanol–water partition coefficient (Wildman–Crippen LogP) is 7.63. The van der Waals surface area contributed by atoms with E-state index in [2.05, 4.69) is 27.9 Å². The minimum Gasteiger partial charge on any atom is -0.381 e. The molecule has 1 unspecified atom stereocenters. The maximum atomic E-state index is 15.5. The first-order chi connectivity index (χ1) is 27.8. The van der Waals surface area contributed by atoms with E-state index in [4.69, 9.17) is 21.3 Å². The van der Waals surface area contributed by atoms with Crippen molar-refractivity contribution in [1.29, 1.82) is 0 Å². The molecule has 4 atom stereocenters. The molecule has 5 aromatic rings. The molecule has 8 rings (SSSR count). The number of nitrogens with zero attached hydrogens (tertiary/aromatic N) is 5. The first-order valence-electron chi connectivity index (χ1n) is 18.8. The molecular weight excluding hydrogens is 820 g/mol. The van der Waals surface area contributed by atoms with Crippen LogP contribution in [0.2, 0.25) is 5.02 Å². The number of aryl methyl sites for hydroxylation is 1. The van der Waals surface area contributed by atoms with Crippen molar-refractivity contribution in [1.82, 2.24) is 24.5 Å². The van der Waals surface area contributed by atoms with Gasteiger partial charge in [0.15, 0.2) is 5.78 Å². The van der Waals surface area contributed by atoms with Gasteiger partial charge in [0.05, 0.1) is 40.9 Å². The molecule has 0 radical (unpaired) electrons. The number of rotatable bonds is 11. The van der Waals surface area contributed by atoms with Gasteiger partial charge in [0, 0.05) is 72.5 Å². The van der Waals surface area contributed by atoms with Gasteiger partial charge in [-0.25, -0.2) is 22.5 Å². The molecule has 2 fully saturated rings. The summed E-state index contributed by atoms with van der Waals surface area (Å²) < 4.78 is 109. The normalized spacial score (nSPS) is 20.5. The quantitative estimate of drug-likeness (QED) is 0.0827. The second-order valence-corrected chi connectivity index (χ2v) is 18.9. The summed E-state index contributed by atoms with van der Waals surface area (Å²) in [7, 11) is -0.912. The lowest BCUT2D eigenvalue weighted by atomic mass is 9.86. The van der Waals surface area contributed by atoms with Gasteiger partial charge in [0.1, 0.15) is 40.9 Å². The number of carbonyl (C=O) groups is 1. The minimum absolute atomic E-state index is 0.00824. The van der Waals surface area contributed by atoms with Crippen molar-refractivity contribution < 1.29 is 45.2 Å². The number of aliphatic hydroxyl groups is 1. The number of carbonyl (C=O) groups excluding carboxylic acids is 1. The van der Waals surface area contributed by atoms with E-state index < -0.39 is 87.0 Å². The van der Waals surface area contributed by atoms with E-state index in [-0.39, 0.29) is 54.0 Å². The summed E-state index contributed by atoms with van der Waals surface area (Å²) in [6.45, 7) is -0.189. The Kier molecular flexibility index (Phi) is 10.5. The lowest BCUT2D eigenvalue weighted by Crippen LogP contribution is -2.34. The topological polar surface area (TPSA) is 112 Å². The summed E-state index contributed by atoms with van der Waals surface area (Å²) >= 11 is 6.74. The number of pyridine rings is 1. The lowest BCUT2D eigenvalue weighted by molar-refractivity contribution is -0.120. The summed E-state index contributed by atoms with van der Waals surface area (Å²) in [6.07, 6.45) is -1.74. The predicted molar refractivity (Wildman–Crippen MR) is 210 cm³/mol. The van der Waals surface area contributed by atoms with Gasteiger partial charge in [-0.1, -0.05) is 23.6 Å². The van der Waals surface area contributed by atoms with E-state index in [1.54, 1.807) is 36.0 Å². The zero-order valence-corrected chi connectivity index (χ0v) is 33.5. The number of Topliss-reactive ketones (excluding diaryl/α,β-unsaturated/α-hetero) is 1. The number of hydrogen-bond donors (Lipinski definition) is 1. The number of benzene rings is 2. The summed E-state index contributed by atoms with van der Waals surface area (Å²) in [5, 5.41) is 20.3. The fourth-order valence-electron chi connectivity index (χ4n) is 8.53. The zero-order valence-electron chi connectivity index (χ0n) is 31.9. The molecular formula is C42H38ClF6N5O4S. The molecule has 1 saturated carbocycles. The Morgan fingerprint density at radius 2 is 1.78 bits per heavy atom. The third-order valence-electron chi connectivity index (χ3n) is 11.2. The average Bonchev–Trinajstić information content (AvgIpc) is 3.69. The van der Waals surface area contributed by atoms with Crippen LogP contribution in [0.3, 0.4) is 0 Å². The standard InChI is InChI=1S/C42H38ClF6N5O4S/c1-53-38-29(6-7-32(43)35(38)33(51-53)21-59(2,3)57)28-5-4-26(8-9-41(56)10-12-58-13-11-41)50-36(28)23(14-22-15-24(44)18-25(45)16-22)17-27(55)20-54-39-34(37(52-54)40(46)47)30-19-31(30)42(39,48)49/h4-7,15-16,18,23,30-31,40,56H,2,10-14,17,19-21H2,1,3H3/t23-,30+,31-,59?/m1/s1. The van der Waals surface area contributed by atoms with E-state index in [9.17, 15) is 31.7 Å². The highest BCUT2D eigenvalue weighted by molar-refractivity contribution is 7.98. The highest BCUT2D eigenvalue weighted by atomic mass is 35.5. The Balaban J connectivity index is 1.28. The van der Waals surface area contributed by atoms with E-state index >= 15 is 8.78 Å². The molecule has 0 bridgehead atoms. The molecule has 310 valence electrons. The van der Waals surface area contributed by atoms with Crippen LogP contribution in [0.15, 0.2) is 42.5 Å². The third-order valence-corrected chi connectivity index (χ3v) is 12.4. The lowest BCUT2D eigenvalue weighted by Gasteiger charge is -2.26. The summed E-state index contributed by atoms with van der Waals surface area (Å²) in [6, 6.07) is 9.50. The number of alkyl halides is 4. The number of hydrogen-bond acceptors (Lipinski definition) is 7. The number of aromatic nitrogens is 5. The van der Waals surface area contributed by atoms with Crippen molar-refractivity contribution in [3.8, 4) is 23.0 Å². The third kappa shape index (κ3) is 8.02. The van der Waals surface area contributed by atoms with Crippen molar-refractivity contribution in [3.05, 3.63) is 98.7 Å². The summed E-state index contributed by atoms with van der Waals surface area (Å²) in [5.74, 6) is 0.759. The Morgan fingerprint density at radius 3 is 2.46 bits per heavy atom. The molecule has 3 aliphatic rings. The largest absolute Gasteiger partial charge is 0.381 e. The zero-order chi connectivity index (χ0) is 42.2. The monoisotopic (exact) mass is 857 g/mol. The van der Waals surface area contributed by atoms with Crippen LogP contribution in [0, 0.1) is 29.4 Å². The van der Waals surface area contributed by atoms with Gasteiger partial charge in [0.2, 0.25) is 0 Å². The Morgan fingerprint density at radius 1 is 1.08 bits per heavy atom. The van der Waals surface area contributed by atoms with Crippen LogP contribution in [0.4, 0.5) is 26.3 Å². The van der Waals surface area contributed by atoms with Gasteiger partial charge >= 0.3 is 0 Å². The first kappa shape index (κ1) is 41.1. The number of ketones is 1. The van der Waals surface area contributed by atoms with Crippen molar-refractivity contribution >= 4 is 43.7 Å². The van der Waals surface area contributed by atoms with Crippen LogP contribution >= 0.6 is 11.6 Å². The van der Waals surface area contributed by atoms with Crippen molar-refractivity contribution in [2.24, 2.45) is 13.0 Å². The molecule has 17 heteroatoms. The van der Waals surface area contributed by atoms with Gasteiger partial charge < -0.3 is 9.84 Å². The molecule has 1 saturated heterocycles. The van der Waals surface area contributed by atoms with Crippen LogP contribution in [0.1, 0.15) is 83.5 Å². The second-order valence-electron chi connectivity index (χ2n) is 15.8. The molecule has 2 aliphatic carbocycles. The smallest absolute Gasteiger partial charge is 0.293 e. The molecule has 2 aromatic carbocycles. The van der Waals surface area contributed by atoms with Crippen LogP contribution in [0.5, 0.6) is 0 Å². The van der Waals surface area contributed by atoms with Crippen LogP contribution < -0.4 is 0 Å². The summed E-state index contributed by atoms with van der Waals surface area (Å²) in [5.41, 5.74) is -0.656. The van der Waals surface area contributed by atoms with Gasteiger partial charge in [-0.2, -0.15) is 19.0 Å². The van der Waals surface area contributed by atoms with Crippen LogP contribution in [-0.4, -0.2) is 70.6 Å². The highest BCUT2D eigenvalue weighted by Gasteiger charge is 2.67. The van der Waals surface area contributed by atoms with E-state index in [1.165, 1.54) is 6.26 Å². The average molecular weight is 858 g/mol. The number of halogens is 7. The molecule has 0 spiro atoms. The van der Waals surface area contributed by atoms with E-state index in [1.807, 2.05) is 0 Å². The maximum Gasteiger partial charge on any atom is 0.293 e. The van der Waals surface area contributed by atoms with Crippen LogP contribution in [-0.2, 0) is 50.7 Å². The van der Waals surface area contributed by atoms with Crippen molar-refractivity contribution in [2.45, 2.75) is 74.2 Å². The SMILES string of the molecule is C=S(C)(=O)Cc1nn(C)c2c(-c3ccc(C#CC4(O)CCOCC4)nc3[C@@H](CC(=O)Cn3nc(C(F)F)c4c3C(F)(F)[C@@H]3C[C@H]43)Cc3cc(F)cc(F)c3)ccc(Cl)c12. The Bertz CT molecular complexity index is 2680. The summed E-state index contributed by atoms with van der Waals surface area (Å²) in [4.78, 5) is 19.0. The Labute approximate surface area is 340 Å². The Hall–Kier alpha value is -4.69. The van der Waals surface area contributed by atoms with E-state index in [0.717, 1.165) is 12.1 Å². The van der Waals surface area contributed by atoms with Gasteiger partial charge in [-0.3, -0.25) is 18.4 Å². The second kappa shape index (κ2) is 15.1. The molecule has 4 heterocycles. The van der Waals surface area contributed by atoms with Gasteiger partial charge in [0.25, 0.3) is 12.3 Å². The molecule has 1 aliphatic heterocycles. The molecule has 0 amide bonds. The maximum absolute atomic E-state index is 15.5. The van der Waals surface area contributed by atoms with Crippen LogP contribution in [0.25, 0.3) is 22.0 Å². The molecule has 59 heavy (non-hydrogen) atoms. The van der Waals surface area contributed by atoms with E-state index in [0.29, 0.717) is 56.7 Å². The molecule has 1 N–H and O–H groups in total. The molecule has 3 aromatic heterocycles. The minimum atomic E-state index is -3.46. The highest BCUT2D eigenvalue weighted by Crippen LogP contribution is 2.68. The number of ether oxygens (including phenoxy) is 1. The van der Waals surface area contributed by atoms with Gasteiger partial charge in [-0.05, 0) is 76.0 Å². The van der Waals surface area contributed by atoms with Gasteiger partial charge in [-0.15, -0.1) is 0 Å².